The first kappa shape index (κ1) is 29.8. The van der Waals surface area contributed by atoms with Gasteiger partial charge in [-0.15, -0.1) is 0 Å². The van der Waals surface area contributed by atoms with Crippen LogP contribution in [0.5, 0.6) is 0 Å². The van der Waals surface area contributed by atoms with Gasteiger partial charge in [-0.3, -0.25) is 19.3 Å². The number of hydrazine groups is 1. The number of urea groups is 1. The molecule has 1 unspecified atom stereocenters. The number of para-hydroxylation sites is 1. The number of hydrogen-bond acceptors (Lipinski definition) is 5. The first-order valence-electron chi connectivity index (χ1n) is 15.5. The molecule has 3 amide bonds. The maximum Gasteiger partial charge on any atom is 0.339 e. The van der Waals surface area contributed by atoms with Gasteiger partial charge in [0.25, 0.3) is 0 Å². The Hall–Kier alpha value is -3.72. The number of rotatable bonds is 10. The molecule has 5 rings (SSSR count). The number of benzene rings is 2. The number of aliphatic carboxylic acids is 1. The molecule has 2 aromatic rings. The normalized spacial score (nSPS) is 20.1. The molecule has 0 saturated heterocycles. The number of hydrogen-bond donors (Lipinski definition) is 3. The number of carboxylic acid groups (broad SMARTS) is 1. The number of ketones is 1. The molecule has 1 aliphatic heterocycles. The summed E-state index contributed by atoms with van der Waals surface area (Å²) in [5.41, 5.74) is 6.54. The third kappa shape index (κ3) is 7.37. The van der Waals surface area contributed by atoms with Crippen LogP contribution in [0.4, 0.5) is 16.2 Å². The fraction of sp³-hybridized carbons (Fsp3) is 0.515. The molecule has 0 bridgehead atoms. The van der Waals surface area contributed by atoms with Gasteiger partial charge in [-0.1, -0.05) is 68.9 Å². The number of nitrogens with one attached hydrogen (secondary N) is 2. The summed E-state index contributed by atoms with van der Waals surface area (Å²) in [5, 5.41) is 13.3. The highest BCUT2D eigenvalue weighted by atomic mass is 16.4. The monoisotopic (exact) mass is 574 g/mol. The van der Waals surface area contributed by atoms with Crippen LogP contribution in [0.2, 0.25) is 0 Å². The number of carbonyl (C=O) groups is 4. The maximum absolute atomic E-state index is 14.1. The lowest BCUT2D eigenvalue weighted by molar-refractivity contribution is -0.137. The maximum atomic E-state index is 14.1. The largest absolute Gasteiger partial charge is 0.481 e. The molecule has 42 heavy (non-hydrogen) atoms. The van der Waals surface area contributed by atoms with Crippen molar-refractivity contribution in [3.63, 3.8) is 0 Å². The number of amides is 3. The van der Waals surface area contributed by atoms with Crippen LogP contribution in [0.25, 0.3) is 0 Å². The Bertz CT molecular complexity index is 1280. The Labute approximate surface area is 247 Å². The number of nitrogens with zero attached hydrogens (tertiary/aromatic N) is 2. The van der Waals surface area contributed by atoms with E-state index in [0.29, 0.717) is 18.0 Å². The third-order valence-electron chi connectivity index (χ3n) is 8.96. The molecule has 0 aromatic heterocycles. The number of carboxylic acids is 1. The van der Waals surface area contributed by atoms with Gasteiger partial charge in [0.1, 0.15) is 6.54 Å². The number of Topliss-reactive ketones (excluding diaryl/α,β-unsaturated/α-hetero) is 1. The summed E-state index contributed by atoms with van der Waals surface area (Å²) in [7, 11) is 0. The molecular formula is C33H42N4O5. The van der Waals surface area contributed by atoms with Crippen LogP contribution in [0, 0.1) is 11.8 Å². The average molecular weight is 575 g/mol. The highest BCUT2D eigenvalue weighted by Gasteiger charge is 2.38. The molecule has 0 radical (unpaired) electrons. The van der Waals surface area contributed by atoms with Gasteiger partial charge in [0.2, 0.25) is 5.91 Å². The van der Waals surface area contributed by atoms with E-state index in [-0.39, 0.29) is 43.2 Å². The highest BCUT2D eigenvalue weighted by molar-refractivity contribution is 6.02. The zero-order chi connectivity index (χ0) is 29.5. The first-order chi connectivity index (χ1) is 20.4. The summed E-state index contributed by atoms with van der Waals surface area (Å²) >= 11 is 0. The molecule has 3 N–H and O–H groups in total. The fourth-order valence-electron chi connectivity index (χ4n) is 6.74. The van der Waals surface area contributed by atoms with Gasteiger partial charge in [0.05, 0.1) is 18.3 Å². The molecule has 9 nitrogen and oxygen atoms in total. The van der Waals surface area contributed by atoms with Crippen LogP contribution in [0.1, 0.15) is 87.8 Å². The van der Waals surface area contributed by atoms with E-state index in [1.54, 1.807) is 23.1 Å². The molecule has 3 aliphatic rings. The minimum absolute atomic E-state index is 0.00211. The van der Waals surface area contributed by atoms with Gasteiger partial charge < -0.3 is 10.4 Å². The Balaban J connectivity index is 1.40. The summed E-state index contributed by atoms with van der Waals surface area (Å²) in [4.78, 5) is 53.4. The summed E-state index contributed by atoms with van der Waals surface area (Å²) in [6, 6.07) is 14.4. The number of aryl methyl sites for hydroxylation is 1. The second-order valence-electron chi connectivity index (χ2n) is 12.0. The van der Waals surface area contributed by atoms with E-state index in [1.165, 1.54) is 17.9 Å². The predicted octanol–water partition coefficient (Wildman–Crippen LogP) is 5.86. The van der Waals surface area contributed by atoms with E-state index in [0.717, 1.165) is 68.2 Å². The summed E-state index contributed by atoms with van der Waals surface area (Å²) in [6.07, 6.45) is 10.9. The molecular weight excluding hydrogens is 532 g/mol. The molecule has 2 saturated carbocycles. The van der Waals surface area contributed by atoms with Crippen molar-refractivity contribution >= 4 is 35.1 Å². The minimum Gasteiger partial charge on any atom is -0.481 e. The highest BCUT2D eigenvalue weighted by Crippen LogP contribution is 2.40. The Kier molecular flexibility index (Phi) is 9.89. The lowest BCUT2D eigenvalue weighted by Crippen LogP contribution is -2.53. The van der Waals surface area contributed by atoms with Crippen molar-refractivity contribution in [1.29, 1.82) is 0 Å². The van der Waals surface area contributed by atoms with Crippen LogP contribution in [0.3, 0.4) is 0 Å². The van der Waals surface area contributed by atoms with Gasteiger partial charge >= 0.3 is 12.0 Å². The van der Waals surface area contributed by atoms with Crippen molar-refractivity contribution in [3.8, 4) is 0 Å². The molecule has 1 atom stereocenters. The summed E-state index contributed by atoms with van der Waals surface area (Å²) < 4.78 is 0. The molecule has 2 aromatic carbocycles. The van der Waals surface area contributed by atoms with Crippen molar-refractivity contribution < 1.29 is 24.3 Å². The van der Waals surface area contributed by atoms with E-state index in [4.69, 9.17) is 5.11 Å². The molecule has 2 aliphatic carbocycles. The minimum atomic E-state index is -0.879. The Morgan fingerprint density at radius 1 is 0.881 bits per heavy atom. The van der Waals surface area contributed by atoms with Crippen molar-refractivity contribution in [2.75, 3.05) is 23.3 Å². The van der Waals surface area contributed by atoms with E-state index in [2.05, 4.69) is 10.7 Å². The zero-order valence-corrected chi connectivity index (χ0v) is 24.2. The second-order valence-corrected chi connectivity index (χ2v) is 12.0. The van der Waals surface area contributed by atoms with Crippen LogP contribution >= 0.6 is 0 Å². The fourth-order valence-corrected chi connectivity index (χ4v) is 6.74. The molecule has 2 fully saturated rings. The van der Waals surface area contributed by atoms with Crippen LogP contribution in [0.15, 0.2) is 48.5 Å². The van der Waals surface area contributed by atoms with Gasteiger partial charge in [-0.25, -0.2) is 15.2 Å². The second kappa shape index (κ2) is 14.0. The van der Waals surface area contributed by atoms with Gasteiger partial charge in [0.15, 0.2) is 5.78 Å². The van der Waals surface area contributed by atoms with E-state index in [9.17, 15) is 19.2 Å². The Morgan fingerprint density at radius 3 is 2.33 bits per heavy atom. The Morgan fingerprint density at radius 2 is 1.60 bits per heavy atom. The van der Waals surface area contributed by atoms with Gasteiger partial charge in [0, 0.05) is 18.0 Å². The van der Waals surface area contributed by atoms with Crippen molar-refractivity contribution in [2.24, 2.45) is 11.8 Å². The standard InChI is InChI=1S/C33H42N4O5/c38-29(24-11-5-6-12-24)21-36-28-17-8-7-16-27(28)32(25-13-3-1-2-4-14-25)35-37(33(36)42)22-30(39)34-26-15-9-10-23(20-26)18-19-31(40)41/h7-10,15-17,20,24-25,32,35H,1-6,11-14,18-19,21-22H2,(H,34,39)(H,40,41). The smallest absolute Gasteiger partial charge is 0.339 e. The number of anilines is 2. The molecule has 0 spiro atoms. The van der Waals surface area contributed by atoms with Crippen LogP contribution in [-0.2, 0) is 20.8 Å². The summed E-state index contributed by atoms with van der Waals surface area (Å²) in [5.74, 6) is -0.909. The van der Waals surface area contributed by atoms with Crippen molar-refractivity contribution in [1.82, 2.24) is 10.4 Å². The van der Waals surface area contributed by atoms with Crippen molar-refractivity contribution in [3.05, 3.63) is 59.7 Å². The van der Waals surface area contributed by atoms with E-state index < -0.39 is 12.0 Å². The number of carbonyl (C=O) groups excluding carboxylic acids is 3. The van der Waals surface area contributed by atoms with Gasteiger partial charge in [-0.2, -0.15) is 0 Å². The zero-order valence-electron chi connectivity index (χ0n) is 24.2. The first-order valence-corrected chi connectivity index (χ1v) is 15.5. The summed E-state index contributed by atoms with van der Waals surface area (Å²) in [6.45, 7) is -0.243. The molecule has 1 heterocycles. The molecule has 9 heteroatoms. The van der Waals surface area contributed by atoms with Crippen LogP contribution in [-0.4, -0.2) is 46.9 Å². The predicted molar refractivity (Wildman–Crippen MR) is 161 cm³/mol. The average Bonchev–Trinajstić information content (AvgIpc) is 3.36. The van der Waals surface area contributed by atoms with Crippen LogP contribution < -0.4 is 15.6 Å². The lowest BCUT2D eigenvalue weighted by Gasteiger charge is -2.31. The quantitative estimate of drug-likeness (QED) is 0.306. The molecule has 224 valence electrons. The van der Waals surface area contributed by atoms with Crippen molar-refractivity contribution in [2.45, 2.75) is 83.1 Å². The van der Waals surface area contributed by atoms with E-state index >= 15 is 0 Å². The SMILES string of the molecule is O=C(O)CCc1cccc(NC(=O)CN2NC(C3CCCCCC3)c3ccccc3N(CC(=O)C3CCCC3)C2=O)c1. The topological polar surface area (TPSA) is 119 Å². The third-order valence-corrected chi connectivity index (χ3v) is 8.96. The van der Waals surface area contributed by atoms with E-state index in [1.807, 2.05) is 30.3 Å². The lowest BCUT2D eigenvalue weighted by atomic mass is 9.86. The van der Waals surface area contributed by atoms with Gasteiger partial charge in [-0.05, 0) is 67.3 Å². The number of fused-ring (bicyclic) bond motifs is 1.